The molecule has 0 heterocycles. The van der Waals surface area contributed by atoms with Gasteiger partial charge in [-0.3, -0.25) is 13.6 Å². The predicted molar refractivity (Wildman–Crippen MR) is 73.3 cm³/mol. The van der Waals surface area contributed by atoms with Gasteiger partial charge in [0.1, 0.15) is 19.8 Å². The van der Waals surface area contributed by atoms with Gasteiger partial charge >= 0.3 is 61.9 Å². The second kappa shape index (κ2) is 10.2. The lowest BCUT2D eigenvalue weighted by Gasteiger charge is -2.32. The summed E-state index contributed by atoms with van der Waals surface area (Å²) in [4.78, 5) is 0. The van der Waals surface area contributed by atoms with Crippen LogP contribution in [0, 0.1) is 0 Å². The zero-order chi connectivity index (χ0) is 31.2. The smallest absolute Gasteiger partial charge is 0.280 e. The van der Waals surface area contributed by atoms with E-state index in [4.69, 9.17) is 0 Å². The lowest BCUT2D eigenvalue weighted by Crippen LogP contribution is -2.55. The molecular weight excluding hydrogens is 638 g/mol. The van der Waals surface area contributed by atoms with Crippen molar-refractivity contribution >= 4 is 7.82 Å². The Labute approximate surface area is 193 Å². The van der Waals surface area contributed by atoms with Crippen LogP contribution in [-0.2, 0) is 18.1 Å². The van der Waals surface area contributed by atoms with E-state index in [2.05, 4.69) is 13.6 Å². The van der Waals surface area contributed by atoms with Crippen LogP contribution in [0.25, 0.3) is 0 Å². The fraction of sp³-hybridized carbons (Fsp3) is 1.00. The summed E-state index contributed by atoms with van der Waals surface area (Å²) in [5.74, 6) is -42.1. The van der Waals surface area contributed by atoms with E-state index < -0.39 is 81.7 Å². The van der Waals surface area contributed by atoms with Crippen molar-refractivity contribution in [3.63, 3.8) is 0 Å². The Morgan fingerprint density at radius 2 is 0.526 bits per heavy atom. The summed E-state index contributed by atoms with van der Waals surface area (Å²) in [7, 11) is -7.42. The van der Waals surface area contributed by atoms with Gasteiger partial charge in [0.15, 0.2) is 0 Å². The van der Waals surface area contributed by atoms with Gasteiger partial charge in [-0.1, -0.05) is 0 Å². The van der Waals surface area contributed by atoms with Gasteiger partial charge in [-0.05, 0) is 0 Å². The molecule has 0 bridgehead atoms. The molecule has 230 valence electrons. The number of phosphoric acid groups is 1. The van der Waals surface area contributed by atoms with Crippen LogP contribution in [-0.4, -0.2) is 73.9 Å². The predicted octanol–water partition coefficient (Wildman–Crippen LogP) is 7.64. The molecule has 0 rings (SSSR count). The first-order chi connectivity index (χ1) is 16.1. The van der Waals surface area contributed by atoms with Crippen molar-refractivity contribution in [2.75, 3.05) is 19.8 Å². The second-order valence-electron chi connectivity index (χ2n) is 6.60. The molecule has 0 N–H and O–H groups in total. The van der Waals surface area contributed by atoms with Crippen LogP contribution in [0.1, 0.15) is 0 Å². The highest BCUT2D eigenvalue weighted by Gasteiger charge is 2.76. The minimum atomic E-state index is -7.42. The number of hydrogen-bond acceptors (Lipinski definition) is 4. The van der Waals surface area contributed by atoms with Crippen LogP contribution in [0.3, 0.4) is 0 Å². The largest absolute Gasteiger partial charge is 0.475 e. The van der Waals surface area contributed by atoms with Gasteiger partial charge in [0, 0.05) is 0 Å². The summed E-state index contributed by atoms with van der Waals surface area (Å²) in [5, 5.41) is 0. The molecule has 0 saturated heterocycles. The summed E-state index contributed by atoms with van der Waals surface area (Å²) in [6.07, 6.45) is -21.7. The number of phosphoric ester groups is 1. The number of hydrogen-bond donors (Lipinski definition) is 0. The molecule has 0 atom stereocenters. The van der Waals surface area contributed by atoms with Crippen LogP contribution < -0.4 is 0 Å². The Balaban J connectivity index is 6.26. The van der Waals surface area contributed by atoms with Gasteiger partial charge in [-0.15, -0.1) is 0 Å². The summed E-state index contributed by atoms with van der Waals surface area (Å²) < 4.78 is 285. The Hall–Kier alpha value is -1.36. The molecule has 0 fully saturated rings. The molecule has 0 radical (unpaired) electrons. The van der Waals surface area contributed by atoms with E-state index >= 15 is 0 Å². The minimum Gasteiger partial charge on any atom is -0.280 e. The molecule has 0 aromatic carbocycles. The van der Waals surface area contributed by atoms with Crippen LogP contribution in [0.4, 0.5) is 92.2 Å². The van der Waals surface area contributed by atoms with Gasteiger partial charge in [-0.25, -0.2) is 4.57 Å². The van der Waals surface area contributed by atoms with Gasteiger partial charge < -0.3 is 0 Å². The molecule has 0 amide bonds. The van der Waals surface area contributed by atoms with Crippen LogP contribution >= 0.6 is 7.82 Å². The fourth-order valence-electron chi connectivity index (χ4n) is 1.49. The van der Waals surface area contributed by atoms with Gasteiger partial charge in [0.05, 0.1) is 0 Å². The fourth-order valence-corrected chi connectivity index (χ4v) is 2.67. The van der Waals surface area contributed by atoms with Crippen molar-refractivity contribution < 1.29 is 110 Å². The highest BCUT2D eigenvalue weighted by molar-refractivity contribution is 7.48. The quantitative estimate of drug-likeness (QED) is 0.162. The maximum atomic E-state index is 13.2. The molecule has 0 aromatic heterocycles. The third-order valence-electron chi connectivity index (χ3n) is 3.66. The molecule has 4 nitrogen and oxygen atoms in total. The zero-order valence-electron chi connectivity index (χ0n) is 16.6. The average molecular weight is 644 g/mol. The normalized spacial score (nSPS) is 16.2. The van der Waals surface area contributed by atoms with E-state index in [1.54, 1.807) is 0 Å². The topological polar surface area (TPSA) is 44.8 Å². The molecular formula is C12H6F21O4P. The second-order valence-corrected chi connectivity index (χ2v) is 8.27. The van der Waals surface area contributed by atoms with E-state index in [1.807, 2.05) is 0 Å². The van der Waals surface area contributed by atoms with Crippen molar-refractivity contribution in [2.45, 2.75) is 54.1 Å². The van der Waals surface area contributed by atoms with Crippen molar-refractivity contribution in [1.82, 2.24) is 0 Å². The van der Waals surface area contributed by atoms with Crippen LogP contribution in [0.2, 0.25) is 0 Å². The maximum absolute atomic E-state index is 13.2. The zero-order valence-corrected chi connectivity index (χ0v) is 17.5. The summed E-state index contributed by atoms with van der Waals surface area (Å²) in [6.45, 7) is -11.5. The molecule has 26 heteroatoms. The van der Waals surface area contributed by atoms with E-state index in [-0.39, 0.29) is 0 Å². The highest BCUT2D eigenvalue weighted by atomic mass is 31.2. The molecule has 0 aliphatic rings. The van der Waals surface area contributed by atoms with Crippen LogP contribution in [0.5, 0.6) is 0 Å². The van der Waals surface area contributed by atoms with E-state index in [0.717, 1.165) is 0 Å². The number of rotatable bonds is 12. The summed E-state index contributed by atoms with van der Waals surface area (Å²) >= 11 is 0. The standard InChI is InChI=1S/C12H6F21O4P/c13-4(14,7(19,20)10(25,26)27)1-35-38(34,36-2-5(15,16)8(21,22)11(28,29)30)37-3-6(17,18)9(23,24)12(31,32)33/h1-3H2. The number of halogens is 21. The van der Waals surface area contributed by atoms with Gasteiger partial charge in [-0.2, -0.15) is 92.2 Å². The molecule has 0 aliphatic heterocycles. The average Bonchev–Trinajstić information content (AvgIpc) is 2.67. The minimum absolute atomic E-state index is 2.83. The summed E-state index contributed by atoms with van der Waals surface area (Å²) in [6, 6.07) is 0. The lowest BCUT2D eigenvalue weighted by molar-refractivity contribution is -0.362. The van der Waals surface area contributed by atoms with Crippen molar-refractivity contribution in [2.24, 2.45) is 0 Å². The van der Waals surface area contributed by atoms with Crippen molar-refractivity contribution in [1.29, 1.82) is 0 Å². The van der Waals surface area contributed by atoms with Crippen LogP contribution in [0.15, 0.2) is 0 Å². The Morgan fingerprint density at radius 1 is 0.368 bits per heavy atom. The van der Waals surface area contributed by atoms with E-state index in [1.165, 1.54) is 0 Å². The molecule has 0 saturated carbocycles. The monoisotopic (exact) mass is 644 g/mol. The first-order valence-corrected chi connectivity index (χ1v) is 9.59. The first-order valence-electron chi connectivity index (χ1n) is 8.13. The lowest BCUT2D eigenvalue weighted by atomic mass is 10.2. The molecule has 38 heavy (non-hydrogen) atoms. The van der Waals surface area contributed by atoms with Crippen molar-refractivity contribution in [3.05, 3.63) is 0 Å². The third kappa shape index (κ3) is 7.23. The third-order valence-corrected chi connectivity index (χ3v) is 4.99. The van der Waals surface area contributed by atoms with Gasteiger partial charge in [0.25, 0.3) is 0 Å². The SMILES string of the molecule is O=P(OCC(F)(F)C(F)(F)C(F)(F)F)(OCC(F)(F)C(F)(F)C(F)(F)F)OCC(F)(F)C(F)(F)C(F)(F)F. The highest BCUT2D eigenvalue weighted by Crippen LogP contribution is 2.57. The van der Waals surface area contributed by atoms with Crippen molar-refractivity contribution in [3.8, 4) is 0 Å². The van der Waals surface area contributed by atoms with Gasteiger partial charge in [0.2, 0.25) is 0 Å². The molecule has 0 spiro atoms. The molecule has 0 aromatic rings. The van der Waals surface area contributed by atoms with E-state index in [0.29, 0.717) is 0 Å². The summed E-state index contributed by atoms with van der Waals surface area (Å²) in [5.41, 5.74) is 0. The Kier molecular flexibility index (Phi) is 9.87. The first kappa shape index (κ1) is 36.6. The Bertz CT molecular complexity index is 746. The number of alkyl halides is 21. The molecule has 0 aliphatic carbocycles. The van der Waals surface area contributed by atoms with E-state index in [9.17, 15) is 96.8 Å². The maximum Gasteiger partial charge on any atom is 0.475 e. The Morgan fingerprint density at radius 3 is 0.658 bits per heavy atom. The molecule has 0 unspecified atom stereocenters.